The number of carbonyl (C=O) groups is 2. The van der Waals surface area contributed by atoms with E-state index in [0.717, 1.165) is 4.47 Å². The molecule has 29 heavy (non-hydrogen) atoms. The van der Waals surface area contributed by atoms with E-state index in [1.54, 1.807) is 24.3 Å². The fourth-order valence-electron chi connectivity index (χ4n) is 3.23. The van der Waals surface area contributed by atoms with Gasteiger partial charge in [0.2, 0.25) is 0 Å². The van der Waals surface area contributed by atoms with Gasteiger partial charge in [-0.1, -0.05) is 28.1 Å². The van der Waals surface area contributed by atoms with Crippen LogP contribution in [-0.4, -0.2) is 53.2 Å². The van der Waals surface area contributed by atoms with Gasteiger partial charge in [0.25, 0.3) is 11.7 Å². The Morgan fingerprint density at radius 1 is 1.14 bits per heavy atom. The van der Waals surface area contributed by atoms with Crippen LogP contribution in [0.1, 0.15) is 17.2 Å². The number of hydrogen-bond donors (Lipinski definition) is 2. The van der Waals surface area contributed by atoms with Crippen LogP contribution in [0.25, 0.3) is 5.76 Å². The van der Waals surface area contributed by atoms with Gasteiger partial charge in [-0.2, -0.15) is 0 Å². The molecule has 6 nitrogen and oxygen atoms in total. The molecule has 2 aromatic carbocycles. The fraction of sp³-hybridized carbons (Fsp3) is 0.238. The first-order valence-corrected chi connectivity index (χ1v) is 9.71. The van der Waals surface area contributed by atoms with Gasteiger partial charge in [-0.15, -0.1) is 0 Å². The number of ketones is 1. The van der Waals surface area contributed by atoms with Crippen molar-refractivity contribution in [3.8, 4) is 0 Å². The molecule has 1 saturated heterocycles. The Morgan fingerprint density at radius 3 is 2.52 bits per heavy atom. The molecular formula is C21H19BrFNO5. The van der Waals surface area contributed by atoms with Crippen molar-refractivity contribution in [2.45, 2.75) is 6.04 Å². The van der Waals surface area contributed by atoms with E-state index >= 15 is 0 Å². The zero-order valence-electron chi connectivity index (χ0n) is 15.3. The minimum Gasteiger partial charge on any atom is -0.507 e. The third-order valence-electron chi connectivity index (χ3n) is 4.53. The molecule has 0 saturated carbocycles. The molecule has 0 radical (unpaired) electrons. The monoisotopic (exact) mass is 463 g/mol. The molecule has 1 atom stereocenters. The molecule has 1 amide bonds. The first-order valence-electron chi connectivity index (χ1n) is 8.92. The Labute approximate surface area is 175 Å². The summed E-state index contributed by atoms with van der Waals surface area (Å²) >= 11 is 3.38. The summed E-state index contributed by atoms with van der Waals surface area (Å²) in [5.74, 6) is -2.43. The van der Waals surface area contributed by atoms with E-state index in [4.69, 9.17) is 9.84 Å². The highest BCUT2D eigenvalue weighted by Gasteiger charge is 2.45. The second-order valence-corrected chi connectivity index (χ2v) is 7.31. The Bertz CT molecular complexity index is 944. The van der Waals surface area contributed by atoms with E-state index in [1.807, 2.05) is 0 Å². The summed E-state index contributed by atoms with van der Waals surface area (Å²) in [5.41, 5.74) is 0.798. The number of aliphatic hydroxyl groups excluding tert-OH is 2. The molecule has 1 unspecified atom stereocenters. The molecule has 2 N–H and O–H groups in total. The van der Waals surface area contributed by atoms with Crippen molar-refractivity contribution in [1.29, 1.82) is 0 Å². The summed E-state index contributed by atoms with van der Waals surface area (Å²) in [6.45, 7) is 0.177. The van der Waals surface area contributed by atoms with E-state index < -0.39 is 23.5 Å². The Hall–Kier alpha value is -2.55. The van der Waals surface area contributed by atoms with Crippen LogP contribution in [0.4, 0.5) is 4.39 Å². The molecule has 2 aromatic rings. The molecule has 152 valence electrons. The second-order valence-electron chi connectivity index (χ2n) is 6.39. The zero-order chi connectivity index (χ0) is 21.0. The van der Waals surface area contributed by atoms with Crippen LogP contribution in [0.15, 0.2) is 58.6 Å². The smallest absolute Gasteiger partial charge is 0.295 e. The van der Waals surface area contributed by atoms with Crippen molar-refractivity contribution in [3.63, 3.8) is 0 Å². The van der Waals surface area contributed by atoms with Crippen molar-refractivity contribution in [2.75, 3.05) is 26.4 Å². The van der Waals surface area contributed by atoms with Crippen molar-refractivity contribution in [3.05, 3.63) is 75.5 Å². The topological polar surface area (TPSA) is 87.1 Å². The van der Waals surface area contributed by atoms with Crippen LogP contribution >= 0.6 is 15.9 Å². The SMILES string of the molecule is O=C1C(=O)N(CCOCCO)C(c2cccc(Br)c2)C1=C(O)c1ccc(F)cc1. The number of likely N-dealkylation sites (tertiary alicyclic amines) is 1. The maximum Gasteiger partial charge on any atom is 0.295 e. The Balaban J connectivity index is 2.07. The van der Waals surface area contributed by atoms with Crippen molar-refractivity contribution >= 4 is 33.4 Å². The third kappa shape index (κ3) is 4.55. The highest BCUT2D eigenvalue weighted by Crippen LogP contribution is 2.39. The van der Waals surface area contributed by atoms with Crippen molar-refractivity contribution < 1.29 is 28.9 Å². The normalized spacial score (nSPS) is 18.4. The average Bonchev–Trinajstić information content (AvgIpc) is 2.96. The van der Waals surface area contributed by atoms with Gasteiger partial charge in [-0.05, 0) is 42.0 Å². The predicted molar refractivity (Wildman–Crippen MR) is 107 cm³/mol. The minimum absolute atomic E-state index is 0.0677. The van der Waals surface area contributed by atoms with Gasteiger partial charge in [0, 0.05) is 16.6 Å². The summed E-state index contributed by atoms with van der Waals surface area (Å²) in [6, 6.07) is 11.3. The van der Waals surface area contributed by atoms with Gasteiger partial charge in [0.15, 0.2) is 0 Å². The number of benzene rings is 2. The van der Waals surface area contributed by atoms with Gasteiger partial charge in [0.1, 0.15) is 11.6 Å². The maximum atomic E-state index is 13.3. The number of carbonyl (C=O) groups excluding carboxylic acids is 2. The summed E-state index contributed by atoms with van der Waals surface area (Å²) in [6.07, 6.45) is 0. The summed E-state index contributed by atoms with van der Waals surface area (Å²) in [4.78, 5) is 26.8. The lowest BCUT2D eigenvalue weighted by molar-refractivity contribution is -0.140. The number of Topliss-reactive ketones (excluding diaryl/α,β-unsaturated/α-hetero) is 1. The lowest BCUT2D eigenvalue weighted by atomic mass is 9.95. The van der Waals surface area contributed by atoms with Gasteiger partial charge in [0.05, 0.1) is 31.4 Å². The van der Waals surface area contributed by atoms with Gasteiger partial charge in [-0.25, -0.2) is 4.39 Å². The third-order valence-corrected chi connectivity index (χ3v) is 5.03. The number of aliphatic hydroxyl groups is 2. The van der Waals surface area contributed by atoms with Gasteiger partial charge in [-0.3, -0.25) is 9.59 Å². The molecule has 0 aromatic heterocycles. The minimum atomic E-state index is -0.824. The first-order chi connectivity index (χ1) is 13.9. The lowest BCUT2D eigenvalue weighted by Gasteiger charge is -2.25. The first kappa shape index (κ1) is 21.2. The Morgan fingerprint density at radius 2 is 1.86 bits per heavy atom. The average molecular weight is 464 g/mol. The van der Waals surface area contributed by atoms with Crippen LogP contribution in [0, 0.1) is 5.82 Å². The number of halogens is 2. The molecule has 3 rings (SSSR count). The van der Waals surface area contributed by atoms with Crippen LogP contribution in [0.3, 0.4) is 0 Å². The number of rotatable bonds is 7. The number of nitrogens with zero attached hydrogens (tertiary/aromatic N) is 1. The molecule has 8 heteroatoms. The molecule has 1 aliphatic heterocycles. The molecule has 1 aliphatic rings. The van der Waals surface area contributed by atoms with E-state index in [0.29, 0.717) is 5.56 Å². The van der Waals surface area contributed by atoms with Crippen LogP contribution in [0.5, 0.6) is 0 Å². The zero-order valence-corrected chi connectivity index (χ0v) is 16.9. The van der Waals surface area contributed by atoms with Crippen LogP contribution in [-0.2, 0) is 14.3 Å². The summed E-state index contributed by atoms with van der Waals surface area (Å²) < 4.78 is 19.2. The highest BCUT2D eigenvalue weighted by molar-refractivity contribution is 9.10. The van der Waals surface area contributed by atoms with Crippen molar-refractivity contribution in [2.24, 2.45) is 0 Å². The second kappa shape index (κ2) is 9.30. The van der Waals surface area contributed by atoms with Crippen LogP contribution < -0.4 is 0 Å². The van der Waals surface area contributed by atoms with Gasteiger partial charge < -0.3 is 19.8 Å². The number of hydrogen-bond acceptors (Lipinski definition) is 5. The standard InChI is InChI=1S/C21H19BrFNO5/c22-15-3-1-2-14(12-15)18-17(19(26)13-4-6-16(23)7-5-13)20(27)21(28)24(18)8-10-29-11-9-25/h1-7,12,18,25-26H,8-11H2. The molecule has 1 fully saturated rings. The molecule has 0 aliphatic carbocycles. The molecule has 0 spiro atoms. The number of ether oxygens (including phenoxy) is 1. The van der Waals surface area contributed by atoms with Gasteiger partial charge >= 0.3 is 0 Å². The van der Waals surface area contributed by atoms with E-state index in [1.165, 1.54) is 29.2 Å². The van der Waals surface area contributed by atoms with Crippen LogP contribution in [0.2, 0.25) is 0 Å². The molecule has 0 bridgehead atoms. The Kier molecular flexibility index (Phi) is 6.79. The van der Waals surface area contributed by atoms with E-state index in [9.17, 15) is 19.1 Å². The molecular weight excluding hydrogens is 445 g/mol. The summed E-state index contributed by atoms with van der Waals surface area (Å²) in [5, 5.41) is 19.7. The fourth-order valence-corrected chi connectivity index (χ4v) is 3.64. The lowest BCUT2D eigenvalue weighted by Crippen LogP contribution is -2.33. The largest absolute Gasteiger partial charge is 0.507 e. The quantitative estimate of drug-likeness (QED) is 0.285. The van der Waals surface area contributed by atoms with Crippen molar-refractivity contribution in [1.82, 2.24) is 4.90 Å². The van der Waals surface area contributed by atoms with E-state index in [-0.39, 0.29) is 43.3 Å². The highest BCUT2D eigenvalue weighted by atomic mass is 79.9. The van der Waals surface area contributed by atoms with E-state index in [2.05, 4.69) is 15.9 Å². The summed E-state index contributed by atoms with van der Waals surface area (Å²) in [7, 11) is 0. The molecule has 1 heterocycles. The number of amides is 1. The predicted octanol–water partition coefficient (Wildman–Crippen LogP) is 3.02. The maximum absolute atomic E-state index is 13.3.